The highest BCUT2D eigenvalue weighted by atomic mass is 32.2. The Morgan fingerprint density at radius 2 is 1.89 bits per heavy atom. The van der Waals surface area contributed by atoms with Crippen LogP contribution in [0.1, 0.15) is 12.0 Å². The van der Waals surface area contributed by atoms with Gasteiger partial charge in [-0.15, -0.1) is 0 Å². The van der Waals surface area contributed by atoms with Gasteiger partial charge in [0, 0.05) is 25.2 Å². The van der Waals surface area contributed by atoms with Gasteiger partial charge in [-0.2, -0.15) is 0 Å². The molecule has 2 amide bonds. The Hall–Kier alpha value is -2.87. The van der Waals surface area contributed by atoms with Gasteiger partial charge in [-0.3, -0.25) is 9.59 Å². The van der Waals surface area contributed by atoms with Crippen LogP contribution in [0.4, 0.5) is 11.4 Å². The van der Waals surface area contributed by atoms with Crippen LogP contribution >= 0.6 is 0 Å². The summed E-state index contributed by atoms with van der Waals surface area (Å²) in [6, 6.07) is 11.7. The fourth-order valence-electron chi connectivity index (χ4n) is 2.67. The highest BCUT2D eigenvalue weighted by Crippen LogP contribution is 2.30. The van der Waals surface area contributed by atoms with E-state index in [1.165, 1.54) is 23.1 Å². The predicted octanol–water partition coefficient (Wildman–Crippen LogP) is 2.15. The summed E-state index contributed by atoms with van der Waals surface area (Å²) in [7, 11) is -2.04. The fourth-order valence-corrected chi connectivity index (χ4v) is 3.91. The van der Waals surface area contributed by atoms with Gasteiger partial charge in [0.05, 0.1) is 16.3 Å². The van der Waals surface area contributed by atoms with Crippen molar-refractivity contribution < 1.29 is 22.7 Å². The summed E-state index contributed by atoms with van der Waals surface area (Å²) in [5.74, 6) is -0.585. The van der Waals surface area contributed by atoms with E-state index in [2.05, 4.69) is 5.32 Å². The molecule has 27 heavy (non-hydrogen) atoms. The number of aryl methyl sites for hydroxylation is 1. The van der Waals surface area contributed by atoms with E-state index in [-0.39, 0.29) is 35.5 Å². The molecular formula is C19H20N2O5S. The lowest BCUT2D eigenvalue weighted by Crippen LogP contribution is -2.28. The molecule has 0 saturated heterocycles. The number of fused-ring (bicyclic) bond motifs is 1. The number of ether oxygens (including phenoxy) is 1. The van der Waals surface area contributed by atoms with Gasteiger partial charge in [0.25, 0.3) is 5.91 Å². The maximum Gasteiger partial charge on any atom is 0.262 e. The lowest BCUT2D eigenvalue weighted by molar-refractivity contribution is -0.119. The molecule has 142 valence electrons. The van der Waals surface area contributed by atoms with Crippen molar-refractivity contribution in [1.82, 2.24) is 0 Å². The molecule has 1 aliphatic heterocycles. The van der Waals surface area contributed by atoms with Crippen molar-refractivity contribution in [1.29, 1.82) is 0 Å². The van der Waals surface area contributed by atoms with E-state index in [1.54, 1.807) is 7.05 Å². The first-order valence-electron chi connectivity index (χ1n) is 8.39. The second kappa shape index (κ2) is 7.40. The first-order chi connectivity index (χ1) is 12.8. The third-order valence-electron chi connectivity index (χ3n) is 4.33. The lowest BCUT2D eigenvalue weighted by atomic mass is 10.2. The average Bonchev–Trinajstić information content (AvgIpc) is 2.65. The molecule has 0 fully saturated rings. The Balaban J connectivity index is 1.68. The highest BCUT2D eigenvalue weighted by Gasteiger charge is 2.22. The molecule has 0 saturated carbocycles. The molecule has 0 radical (unpaired) electrons. The van der Waals surface area contributed by atoms with Crippen LogP contribution in [0, 0.1) is 6.92 Å². The molecule has 3 rings (SSSR count). The SMILES string of the molecule is Cc1ccc(N(C)C(=O)CCS(=O)(=O)c2ccc3c(c2)OCC(=O)N3)cc1. The van der Waals surface area contributed by atoms with Gasteiger partial charge in [-0.05, 0) is 31.2 Å². The molecule has 0 bridgehead atoms. The number of sulfone groups is 1. The molecule has 1 heterocycles. The van der Waals surface area contributed by atoms with Gasteiger partial charge in [0.2, 0.25) is 5.91 Å². The zero-order valence-corrected chi connectivity index (χ0v) is 15.9. The molecular weight excluding hydrogens is 368 g/mol. The maximum absolute atomic E-state index is 12.6. The predicted molar refractivity (Wildman–Crippen MR) is 102 cm³/mol. The van der Waals surface area contributed by atoms with Crippen molar-refractivity contribution in [3.63, 3.8) is 0 Å². The van der Waals surface area contributed by atoms with E-state index in [0.717, 1.165) is 5.56 Å². The van der Waals surface area contributed by atoms with Crippen LogP contribution in [-0.2, 0) is 19.4 Å². The van der Waals surface area contributed by atoms with Crippen LogP contribution < -0.4 is 15.0 Å². The number of carbonyl (C=O) groups is 2. The van der Waals surface area contributed by atoms with Crippen LogP contribution in [0.25, 0.3) is 0 Å². The molecule has 0 spiro atoms. The number of hydrogen-bond donors (Lipinski definition) is 1. The van der Waals surface area contributed by atoms with E-state index in [1.807, 2.05) is 31.2 Å². The molecule has 0 unspecified atom stereocenters. The summed E-state index contributed by atoms with van der Waals surface area (Å²) < 4.78 is 30.4. The molecule has 7 nitrogen and oxygen atoms in total. The van der Waals surface area contributed by atoms with Crippen LogP contribution in [0.15, 0.2) is 47.4 Å². The van der Waals surface area contributed by atoms with E-state index in [4.69, 9.17) is 4.74 Å². The molecule has 1 aliphatic rings. The first-order valence-corrected chi connectivity index (χ1v) is 10.0. The zero-order valence-electron chi connectivity index (χ0n) is 15.1. The third-order valence-corrected chi connectivity index (χ3v) is 6.04. The van der Waals surface area contributed by atoms with E-state index >= 15 is 0 Å². The van der Waals surface area contributed by atoms with Gasteiger partial charge in [0.1, 0.15) is 5.75 Å². The third kappa shape index (κ3) is 4.28. The zero-order chi connectivity index (χ0) is 19.6. The van der Waals surface area contributed by atoms with Crippen molar-refractivity contribution in [2.24, 2.45) is 0 Å². The summed E-state index contributed by atoms with van der Waals surface area (Å²) in [6.07, 6.45) is -0.138. The molecule has 0 aliphatic carbocycles. The van der Waals surface area contributed by atoms with Crippen molar-refractivity contribution in [2.45, 2.75) is 18.2 Å². The maximum atomic E-state index is 12.6. The fraction of sp³-hybridized carbons (Fsp3) is 0.263. The Morgan fingerprint density at radius 3 is 2.59 bits per heavy atom. The number of nitrogens with one attached hydrogen (secondary N) is 1. The van der Waals surface area contributed by atoms with Crippen molar-refractivity contribution in [3.05, 3.63) is 48.0 Å². The molecule has 0 aromatic heterocycles. The van der Waals surface area contributed by atoms with Gasteiger partial charge in [0.15, 0.2) is 16.4 Å². The van der Waals surface area contributed by atoms with Crippen LogP contribution in [0.5, 0.6) is 5.75 Å². The summed E-state index contributed by atoms with van der Waals surface area (Å²) in [6.45, 7) is 1.79. The minimum atomic E-state index is -3.66. The first kappa shape index (κ1) is 18.9. The van der Waals surface area contributed by atoms with Gasteiger partial charge in [-0.25, -0.2) is 8.42 Å². The Kier molecular flexibility index (Phi) is 5.18. The normalized spacial score (nSPS) is 13.3. The standard InChI is InChI=1S/C19H20N2O5S/c1-13-3-5-14(6-4-13)21(2)19(23)9-10-27(24,25)15-7-8-16-17(11-15)26-12-18(22)20-16/h3-8,11H,9-10,12H2,1-2H3,(H,20,22). The number of rotatable bonds is 5. The summed E-state index contributed by atoms with van der Waals surface area (Å²) in [4.78, 5) is 25.2. The van der Waals surface area contributed by atoms with E-state index < -0.39 is 9.84 Å². The second-order valence-corrected chi connectivity index (χ2v) is 8.46. The molecule has 2 aromatic rings. The number of amides is 2. The molecule has 2 aromatic carbocycles. The Labute approximate surface area is 157 Å². The largest absolute Gasteiger partial charge is 0.482 e. The van der Waals surface area contributed by atoms with Crippen LogP contribution in [0.2, 0.25) is 0 Å². The minimum Gasteiger partial charge on any atom is -0.482 e. The summed E-state index contributed by atoms with van der Waals surface area (Å²) in [5, 5.41) is 2.61. The number of carbonyl (C=O) groups excluding carboxylic acids is 2. The number of nitrogens with zero attached hydrogens (tertiary/aromatic N) is 1. The van der Waals surface area contributed by atoms with Gasteiger partial charge in [-0.1, -0.05) is 17.7 Å². The minimum absolute atomic E-state index is 0.0585. The van der Waals surface area contributed by atoms with E-state index in [0.29, 0.717) is 17.1 Å². The van der Waals surface area contributed by atoms with Crippen LogP contribution in [-0.4, -0.2) is 39.6 Å². The lowest BCUT2D eigenvalue weighted by Gasteiger charge is -2.19. The van der Waals surface area contributed by atoms with Crippen LogP contribution in [0.3, 0.4) is 0 Å². The van der Waals surface area contributed by atoms with Gasteiger partial charge >= 0.3 is 0 Å². The molecule has 8 heteroatoms. The topological polar surface area (TPSA) is 92.8 Å². The van der Waals surface area contributed by atoms with Crippen molar-refractivity contribution in [2.75, 3.05) is 29.6 Å². The second-order valence-electron chi connectivity index (χ2n) is 6.35. The summed E-state index contributed by atoms with van der Waals surface area (Å²) in [5.41, 5.74) is 2.22. The quantitative estimate of drug-likeness (QED) is 0.847. The summed E-state index contributed by atoms with van der Waals surface area (Å²) >= 11 is 0. The monoisotopic (exact) mass is 388 g/mol. The number of benzene rings is 2. The Bertz CT molecular complexity index is 984. The molecule has 0 atom stereocenters. The number of hydrogen-bond acceptors (Lipinski definition) is 5. The molecule has 1 N–H and O–H groups in total. The van der Waals surface area contributed by atoms with E-state index in [9.17, 15) is 18.0 Å². The average molecular weight is 388 g/mol. The Morgan fingerprint density at radius 1 is 1.19 bits per heavy atom. The van der Waals surface area contributed by atoms with Gasteiger partial charge < -0.3 is 15.0 Å². The number of anilines is 2. The van der Waals surface area contributed by atoms with Crippen molar-refractivity contribution >= 4 is 33.0 Å². The highest BCUT2D eigenvalue weighted by molar-refractivity contribution is 7.91. The van der Waals surface area contributed by atoms with Crippen molar-refractivity contribution in [3.8, 4) is 5.75 Å². The smallest absolute Gasteiger partial charge is 0.262 e.